The molecule has 5 heteroatoms. The minimum absolute atomic E-state index is 0.115. The maximum absolute atomic E-state index is 11.5. The number of aromatic nitrogens is 2. The van der Waals surface area contributed by atoms with Gasteiger partial charge in [-0.25, -0.2) is 4.98 Å². The van der Waals surface area contributed by atoms with Crippen molar-refractivity contribution in [3.8, 4) is 0 Å². The predicted molar refractivity (Wildman–Crippen MR) is 58.9 cm³/mol. The molecule has 0 radical (unpaired) electrons. The highest BCUT2D eigenvalue weighted by atomic mass is 16.1. The van der Waals surface area contributed by atoms with Crippen LogP contribution in [0.3, 0.4) is 0 Å². The molecule has 0 atom stereocenters. The van der Waals surface area contributed by atoms with Crippen LogP contribution in [-0.2, 0) is 0 Å². The van der Waals surface area contributed by atoms with Crippen molar-refractivity contribution in [2.45, 2.75) is 25.7 Å². The highest BCUT2D eigenvalue weighted by Crippen LogP contribution is 2.21. The van der Waals surface area contributed by atoms with E-state index in [-0.39, 0.29) is 5.56 Å². The van der Waals surface area contributed by atoms with Crippen LogP contribution in [0.25, 0.3) is 0 Å². The Balaban J connectivity index is 2.32. The zero-order valence-corrected chi connectivity index (χ0v) is 8.84. The van der Waals surface area contributed by atoms with Crippen molar-refractivity contribution in [1.29, 1.82) is 0 Å². The van der Waals surface area contributed by atoms with Crippen molar-refractivity contribution in [2.24, 2.45) is 0 Å². The van der Waals surface area contributed by atoms with E-state index in [1.54, 1.807) is 6.92 Å². The van der Waals surface area contributed by atoms with E-state index in [4.69, 9.17) is 5.73 Å². The van der Waals surface area contributed by atoms with Gasteiger partial charge in [0.05, 0.1) is 5.56 Å². The first kappa shape index (κ1) is 10.2. The molecule has 2 heterocycles. The molecular formula is C10H16N4O. The zero-order valence-electron chi connectivity index (χ0n) is 8.84. The quantitative estimate of drug-likeness (QED) is 0.612. The van der Waals surface area contributed by atoms with E-state index in [0.29, 0.717) is 17.3 Å². The first-order valence-corrected chi connectivity index (χ1v) is 5.25. The summed E-state index contributed by atoms with van der Waals surface area (Å²) in [6, 6.07) is 0. The number of piperidine rings is 1. The largest absolute Gasteiger partial charge is 0.383 e. The molecule has 0 saturated carbocycles. The van der Waals surface area contributed by atoms with E-state index < -0.39 is 0 Å². The molecule has 0 amide bonds. The standard InChI is InChI=1S/C10H16N4O/c1-6-8(11)13-9(14-10(6)15)7-2-4-12-5-3-7/h7,12H,2-5H2,1H3,(H3,11,13,14,15). The highest BCUT2D eigenvalue weighted by molar-refractivity contribution is 5.36. The lowest BCUT2D eigenvalue weighted by atomic mass is 9.97. The van der Waals surface area contributed by atoms with Crippen LogP contribution in [0, 0.1) is 6.92 Å². The van der Waals surface area contributed by atoms with Gasteiger partial charge in [-0.15, -0.1) is 0 Å². The molecule has 0 aromatic carbocycles. The molecule has 2 rings (SSSR count). The fraction of sp³-hybridized carbons (Fsp3) is 0.600. The van der Waals surface area contributed by atoms with Gasteiger partial charge in [0.15, 0.2) is 0 Å². The summed E-state index contributed by atoms with van der Waals surface area (Å²) in [5.41, 5.74) is 6.07. The summed E-state index contributed by atoms with van der Waals surface area (Å²) in [6.07, 6.45) is 2.01. The van der Waals surface area contributed by atoms with Gasteiger partial charge in [-0.1, -0.05) is 0 Å². The van der Waals surface area contributed by atoms with Crippen LogP contribution in [0.15, 0.2) is 4.79 Å². The minimum atomic E-state index is -0.115. The Morgan fingerprint density at radius 2 is 2.07 bits per heavy atom. The maximum Gasteiger partial charge on any atom is 0.255 e. The number of nitrogens with zero attached hydrogens (tertiary/aromatic N) is 1. The van der Waals surface area contributed by atoms with Crippen molar-refractivity contribution in [3.05, 3.63) is 21.7 Å². The fourth-order valence-electron chi connectivity index (χ4n) is 1.86. The van der Waals surface area contributed by atoms with Crippen molar-refractivity contribution in [1.82, 2.24) is 15.3 Å². The number of aromatic amines is 1. The SMILES string of the molecule is Cc1c(N)nc(C2CCNCC2)[nH]c1=O. The zero-order chi connectivity index (χ0) is 10.8. The molecule has 1 aliphatic rings. The molecule has 1 saturated heterocycles. The van der Waals surface area contributed by atoms with Crippen molar-refractivity contribution in [2.75, 3.05) is 18.8 Å². The molecule has 1 aliphatic heterocycles. The van der Waals surface area contributed by atoms with Crippen molar-refractivity contribution >= 4 is 5.82 Å². The Hall–Kier alpha value is -1.36. The molecule has 82 valence electrons. The Morgan fingerprint density at radius 1 is 1.40 bits per heavy atom. The topological polar surface area (TPSA) is 83.8 Å². The van der Waals surface area contributed by atoms with Crippen LogP contribution in [0.2, 0.25) is 0 Å². The summed E-state index contributed by atoms with van der Waals surface area (Å²) in [7, 11) is 0. The number of nitrogens with two attached hydrogens (primary N) is 1. The lowest BCUT2D eigenvalue weighted by molar-refractivity contribution is 0.444. The Kier molecular flexibility index (Phi) is 2.73. The van der Waals surface area contributed by atoms with Crippen molar-refractivity contribution in [3.63, 3.8) is 0 Å². The Morgan fingerprint density at radius 3 is 2.67 bits per heavy atom. The summed E-state index contributed by atoms with van der Waals surface area (Å²) in [6.45, 7) is 3.64. The van der Waals surface area contributed by atoms with Gasteiger partial charge >= 0.3 is 0 Å². The molecule has 1 fully saturated rings. The van der Waals surface area contributed by atoms with Crippen LogP contribution >= 0.6 is 0 Å². The first-order valence-electron chi connectivity index (χ1n) is 5.25. The van der Waals surface area contributed by atoms with Gasteiger partial charge in [0.1, 0.15) is 11.6 Å². The van der Waals surface area contributed by atoms with E-state index in [1.165, 1.54) is 0 Å². The highest BCUT2D eigenvalue weighted by Gasteiger charge is 2.18. The number of anilines is 1. The maximum atomic E-state index is 11.5. The third kappa shape index (κ3) is 2.02. The average Bonchev–Trinajstić information content (AvgIpc) is 2.26. The summed E-state index contributed by atoms with van der Waals surface area (Å²) in [5, 5.41) is 3.27. The molecule has 5 nitrogen and oxygen atoms in total. The lowest BCUT2D eigenvalue weighted by Crippen LogP contribution is -2.29. The Bertz CT molecular complexity index is 406. The second kappa shape index (κ2) is 4.02. The lowest BCUT2D eigenvalue weighted by Gasteiger charge is -2.21. The second-order valence-electron chi connectivity index (χ2n) is 3.99. The number of H-pyrrole nitrogens is 1. The molecule has 4 N–H and O–H groups in total. The van der Waals surface area contributed by atoms with E-state index in [0.717, 1.165) is 31.8 Å². The number of rotatable bonds is 1. The first-order chi connectivity index (χ1) is 7.18. The molecule has 1 aromatic heterocycles. The van der Waals surface area contributed by atoms with Crippen LogP contribution in [0.4, 0.5) is 5.82 Å². The summed E-state index contributed by atoms with van der Waals surface area (Å²) in [4.78, 5) is 18.6. The van der Waals surface area contributed by atoms with Crippen LogP contribution in [0.5, 0.6) is 0 Å². The van der Waals surface area contributed by atoms with Gasteiger partial charge in [0, 0.05) is 5.92 Å². The van der Waals surface area contributed by atoms with Gasteiger partial charge in [-0.3, -0.25) is 4.79 Å². The van der Waals surface area contributed by atoms with E-state index in [1.807, 2.05) is 0 Å². The number of hydrogen-bond donors (Lipinski definition) is 3. The summed E-state index contributed by atoms with van der Waals surface area (Å²) < 4.78 is 0. The van der Waals surface area contributed by atoms with Gasteiger partial charge in [0.2, 0.25) is 0 Å². The van der Waals surface area contributed by atoms with Gasteiger partial charge in [-0.05, 0) is 32.9 Å². The Labute approximate surface area is 88.1 Å². The molecule has 0 unspecified atom stereocenters. The molecule has 1 aromatic rings. The molecule has 0 bridgehead atoms. The van der Waals surface area contributed by atoms with E-state index in [2.05, 4.69) is 15.3 Å². The average molecular weight is 208 g/mol. The summed E-state index contributed by atoms with van der Waals surface area (Å²) >= 11 is 0. The molecule has 0 aliphatic carbocycles. The van der Waals surface area contributed by atoms with Crippen LogP contribution in [-0.4, -0.2) is 23.1 Å². The molecule has 15 heavy (non-hydrogen) atoms. The third-order valence-electron chi connectivity index (χ3n) is 2.93. The second-order valence-corrected chi connectivity index (χ2v) is 3.99. The molecular weight excluding hydrogens is 192 g/mol. The predicted octanol–water partition coefficient (Wildman–Crippen LogP) is 0.128. The third-order valence-corrected chi connectivity index (χ3v) is 2.93. The number of hydrogen-bond acceptors (Lipinski definition) is 4. The van der Waals surface area contributed by atoms with Gasteiger partial charge in [0.25, 0.3) is 5.56 Å². The normalized spacial score (nSPS) is 17.9. The van der Waals surface area contributed by atoms with E-state index >= 15 is 0 Å². The number of nitrogen functional groups attached to an aromatic ring is 1. The summed E-state index contributed by atoms with van der Waals surface area (Å²) in [5.74, 6) is 1.43. The minimum Gasteiger partial charge on any atom is -0.383 e. The fourth-order valence-corrected chi connectivity index (χ4v) is 1.86. The van der Waals surface area contributed by atoms with Gasteiger partial charge < -0.3 is 16.0 Å². The number of nitrogens with one attached hydrogen (secondary N) is 2. The monoisotopic (exact) mass is 208 g/mol. The van der Waals surface area contributed by atoms with Crippen LogP contribution < -0.4 is 16.6 Å². The van der Waals surface area contributed by atoms with E-state index in [9.17, 15) is 4.79 Å². The van der Waals surface area contributed by atoms with Gasteiger partial charge in [-0.2, -0.15) is 0 Å². The van der Waals surface area contributed by atoms with Crippen molar-refractivity contribution < 1.29 is 0 Å². The molecule has 0 spiro atoms. The van der Waals surface area contributed by atoms with Crippen LogP contribution in [0.1, 0.15) is 30.1 Å². The smallest absolute Gasteiger partial charge is 0.255 e.